The van der Waals surface area contributed by atoms with Gasteiger partial charge in [0.2, 0.25) is 5.88 Å². The van der Waals surface area contributed by atoms with Crippen LogP contribution >= 0.6 is 0 Å². The molecular weight excluding hydrogens is 416 g/mol. The van der Waals surface area contributed by atoms with Gasteiger partial charge in [0.1, 0.15) is 5.82 Å². The summed E-state index contributed by atoms with van der Waals surface area (Å²) in [4.78, 5) is 16.7. The van der Waals surface area contributed by atoms with E-state index in [0.29, 0.717) is 36.7 Å². The SMILES string of the molecule is COc1cc(-c2cc3n(n2)CCC[C@@H]3NC(=O)c2cc(F)cc(C(F)(F)F)c2)ccn1. The maximum absolute atomic E-state index is 13.7. The Labute approximate surface area is 174 Å². The van der Waals surface area contributed by atoms with Crippen molar-refractivity contribution >= 4 is 5.91 Å². The predicted molar refractivity (Wildman–Crippen MR) is 103 cm³/mol. The highest BCUT2D eigenvalue weighted by Gasteiger charge is 2.32. The summed E-state index contributed by atoms with van der Waals surface area (Å²) in [7, 11) is 1.51. The second-order valence-corrected chi connectivity index (χ2v) is 7.16. The number of pyridine rings is 1. The Bertz CT molecular complexity index is 1130. The Morgan fingerprint density at radius 3 is 2.77 bits per heavy atom. The number of nitrogens with one attached hydrogen (secondary N) is 1. The molecule has 0 radical (unpaired) electrons. The number of carbonyl (C=O) groups excluding carboxylic acids is 1. The van der Waals surface area contributed by atoms with E-state index in [1.165, 1.54) is 7.11 Å². The molecule has 1 aliphatic rings. The van der Waals surface area contributed by atoms with Crippen molar-refractivity contribution in [3.05, 3.63) is 65.2 Å². The number of fused-ring (bicyclic) bond motifs is 1. The molecule has 3 aromatic rings. The molecule has 10 heteroatoms. The minimum absolute atomic E-state index is 0.363. The Hall–Kier alpha value is -3.43. The minimum atomic E-state index is -4.75. The monoisotopic (exact) mass is 434 g/mol. The van der Waals surface area contributed by atoms with Crippen LogP contribution in [0.2, 0.25) is 0 Å². The summed E-state index contributed by atoms with van der Waals surface area (Å²) in [6.07, 6.45) is -1.86. The van der Waals surface area contributed by atoms with Crippen LogP contribution in [0.15, 0.2) is 42.6 Å². The number of rotatable bonds is 4. The van der Waals surface area contributed by atoms with Crippen LogP contribution in [-0.2, 0) is 12.7 Å². The summed E-state index contributed by atoms with van der Waals surface area (Å²) >= 11 is 0. The van der Waals surface area contributed by atoms with Gasteiger partial charge in [-0.15, -0.1) is 0 Å². The van der Waals surface area contributed by atoms with Crippen molar-refractivity contribution < 1.29 is 27.1 Å². The van der Waals surface area contributed by atoms with E-state index >= 15 is 0 Å². The van der Waals surface area contributed by atoms with Crippen LogP contribution in [0.25, 0.3) is 11.3 Å². The lowest BCUT2D eigenvalue weighted by Crippen LogP contribution is -2.33. The Kier molecular flexibility index (Phi) is 5.38. The molecule has 1 N–H and O–H groups in total. The van der Waals surface area contributed by atoms with Crippen molar-refractivity contribution in [1.29, 1.82) is 0 Å². The first-order valence-electron chi connectivity index (χ1n) is 9.51. The highest BCUT2D eigenvalue weighted by atomic mass is 19.4. The van der Waals surface area contributed by atoms with Gasteiger partial charge in [-0.2, -0.15) is 18.3 Å². The lowest BCUT2D eigenvalue weighted by atomic mass is 10.0. The van der Waals surface area contributed by atoms with Gasteiger partial charge < -0.3 is 10.1 Å². The number of amides is 1. The smallest absolute Gasteiger partial charge is 0.416 e. The number of halogens is 4. The van der Waals surface area contributed by atoms with Gasteiger partial charge in [0, 0.05) is 29.9 Å². The van der Waals surface area contributed by atoms with Crippen LogP contribution in [0.4, 0.5) is 17.6 Å². The molecule has 3 heterocycles. The number of aryl methyl sites for hydroxylation is 1. The van der Waals surface area contributed by atoms with E-state index in [-0.39, 0.29) is 5.56 Å². The van der Waals surface area contributed by atoms with Crippen LogP contribution in [0.1, 0.15) is 40.5 Å². The standard InChI is InChI=1S/C21H18F4N4O2/c1-31-19-9-12(4-5-26-19)17-11-18-16(3-2-6-29(18)28-17)27-20(30)13-7-14(21(23,24)25)10-15(22)8-13/h4-5,7-11,16H,2-3,6H2,1H3,(H,27,30)/t16-/m0/s1. The molecule has 0 unspecified atom stereocenters. The van der Waals surface area contributed by atoms with Crippen LogP contribution < -0.4 is 10.1 Å². The average molecular weight is 434 g/mol. The zero-order chi connectivity index (χ0) is 22.2. The molecule has 0 spiro atoms. The van der Waals surface area contributed by atoms with E-state index in [2.05, 4.69) is 15.4 Å². The van der Waals surface area contributed by atoms with Gasteiger partial charge in [-0.05, 0) is 43.2 Å². The van der Waals surface area contributed by atoms with E-state index in [9.17, 15) is 22.4 Å². The summed E-state index contributed by atoms with van der Waals surface area (Å²) in [5, 5.41) is 7.27. The van der Waals surface area contributed by atoms with E-state index in [1.807, 2.05) is 6.07 Å². The molecule has 0 bridgehead atoms. The Morgan fingerprint density at radius 2 is 2.03 bits per heavy atom. The van der Waals surface area contributed by atoms with Gasteiger partial charge in [-0.3, -0.25) is 9.48 Å². The molecule has 31 heavy (non-hydrogen) atoms. The Balaban J connectivity index is 1.60. The predicted octanol–water partition coefficient (Wildman–Crippen LogP) is 4.38. The molecule has 0 saturated heterocycles. The van der Waals surface area contributed by atoms with Crippen molar-refractivity contribution in [3.8, 4) is 17.1 Å². The molecule has 0 saturated carbocycles. The first kappa shape index (κ1) is 20.8. The number of carbonyl (C=O) groups is 1. The number of hydrogen-bond donors (Lipinski definition) is 1. The molecule has 2 aromatic heterocycles. The average Bonchev–Trinajstić information content (AvgIpc) is 3.18. The number of hydrogen-bond acceptors (Lipinski definition) is 4. The molecule has 162 valence electrons. The largest absolute Gasteiger partial charge is 0.481 e. The normalized spacial score (nSPS) is 16.0. The van der Waals surface area contributed by atoms with Crippen LogP contribution in [-0.4, -0.2) is 27.8 Å². The molecule has 6 nitrogen and oxygen atoms in total. The Morgan fingerprint density at radius 1 is 1.23 bits per heavy atom. The summed E-state index contributed by atoms with van der Waals surface area (Å²) in [5.74, 6) is -1.47. The maximum Gasteiger partial charge on any atom is 0.416 e. The van der Waals surface area contributed by atoms with Gasteiger partial charge in [0.15, 0.2) is 0 Å². The second-order valence-electron chi connectivity index (χ2n) is 7.16. The van der Waals surface area contributed by atoms with Crippen molar-refractivity contribution in [2.75, 3.05) is 7.11 Å². The van der Waals surface area contributed by atoms with Crippen molar-refractivity contribution in [2.45, 2.75) is 31.6 Å². The van der Waals surface area contributed by atoms with Crippen LogP contribution in [0, 0.1) is 5.82 Å². The topological polar surface area (TPSA) is 69.0 Å². The molecule has 4 rings (SSSR count). The number of ether oxygens (including phenoxy) is 1. The fourth-order valence-corrected chi connectivity index (χ4v) is 3.58. The minimum Gasteiger partial charge on any atom is -0.481 e. The second kappa shape index (κ2) is 8.01. The molecular formula is C21H18F4N4O2. The lowest BCUT2D eigenvalue weighted by Gasteiger charge is -2.24. The fourth-order valence-electron chi connectivity index (χ4n) is 3.58. The van der Waals surface area contributed by atoms with E-state index < -0.39 is 29.5 Å². The molecule has 1 atom stereocenters. The number of nitrogens with zero attached hydrogens (tertiary/aromatic N) is 3. The highest BCUT2D eigenvalue weighted by Crippen LogP contribution is 2.32. The highest BCUT2D eigenvalue weighted by molar-refractivity contribution is 5.94. The quantitative estimate of drug-likeness (QED) is 0.619. The molecule has 1 aliphatic heterocycles. The number of methoxy groups -OCH3 is 1. The van der Waals surface area contributed by atoms with Crippen molar-refractivity contribution in [2.24, 2.45) is 0 Å². The first-order chi connectivity index (χ1) is 14.7. The number of benzene rings is 1. The molecule has 0 fully saturated rings. The van der Waals surface area contributed by atoms with E-state index in [4.69, 9.17) is 4.74 Å². The fraction of sp³-hybridized carbons (Fsp3) is 0.286. The summed E-state index contributed by atoms with van der Waals surface area (Å²) < 4.78 is 59.4. The van der Waals surface area contributed by atoms with Gasteiger partial charge in [0.05, 0.1) is 30.1 Å². The van der Waals surface area contributed by atoms with Gasteiger partial charge in [-0.1, -0.05) is 0 Å². The van der Waals surface area contributed by atoms with E-state index in [1.54, 1.807) is 23.0 Å². The van der Waals surface area contributed by atoms with Crippen LogP contribution in [0.5, 0.6) is 5.88 Å². The van der Waals surface area contributed by atoms with E-state index in [0.717, 1.165) is 23.7 Å². The third-order valence-electron chi connectivity index (χ3n) is 5.06. The third kappa shape index (κ3) is 4.37. The zero-order valence-electron chi connectivity index (χ0n) is 16.4. The third-order valence-corrected chi connectivity index (χ3v) is 5.06. The summed E-state index contributed by atoms with van der Waals surface area (Å²) in [6.45, 7) is 0.641. The molecule has 1 amide bonds. The van der Waals surface area contributed by atoms with Crippen molar-refractivity contribution in [3.63, 3.8) is 0 Å². The zero-order valence-corrected chi connectivity index (χ0v) is 16.4. The number of alkyl halides is 3. The summed E-state index contributed by atoms with van der Waals surface area (Å²) in [5.41, 5.74) is 0.557. The van der Waals surface area contributed by atoms with Gasteiger partial charge in [-0.25, -0.2) is 9.37 Å². The maximum atomic E-state index is 13.7. The van der Waals surface area contributed by atoms with Crippen molar-refractivity contribution in [1.82, 2.24) is 20.1 Å². The van der Waals surface area contributed by atoms with Crippen LogP contribution in [0.3, 0.4) is 0 Å². The molecule has 0 aliphatic carbocycles. The lowest BCUT2D eigenvalue weighted by molar-refractivity contribution is -0.137. The number of aromatic nitrogens is 3. The summed E-state index contributed by atoms with van der Waals surface area (Å²) in [6, 6.07) is 6.65. The van der Waals surface area contributed by atoms with Gasteiger partial charge >= 0.3 is 6.18 Å². The molecule has 1 aromatic carbocycles. The first-order valence-corrected chi connectivity index (χ1v) is 9.51. The van der Waals surface area contributed by atoms with Gasteiger partial charge in [0.25, 0.3) is 5.91 Å².